The summed E-state index contributed by atoms with van der Waals surface area (Å²) in [5, 5.41) is 11.8. The molecule has 2 N–H and O–H groups in total. The van der Waals surface area contributed by atoms with Crippen molar-refractivity contribution in [3.05, 3.63) is 11.6 Å². The molecule has 0 aliphatic heterocycles. The molecule has 2 heteroatoms. The maximum absolute atomic E-state index is 8.62. The fraction of sp³-hybridized carbons (Fsp3) is 0.750. The highest BCUT2D eigenvalue weighted by atomic mass is 16.3. The van der Waals surface area contributed by atoms with Gasteiger partial charge in [-0.3, -0.25) is 0 Å². The Bertz CT molecular complexity index is 106. The molecule has 0 rings (SSSR count). The molecule has 0 fully saturated rings. The van der Waals surface area contributed by atoms with E-state index in [4.69, 9.17) is 5.11 Å². The van der Waals surface area contributed by atoms with E-state index in [0.29, 0.717) is 0 Å². The van der Waals surface area contributed by atoms with E-state index in [0.717, 1.165) is 6.54 Å². The normalized spacial score (nSPS) is 12.8. The molecule has 0 heterocycles. The van der Waals surface area contributed by atoms with Gasteiger partial charge in [0.25, 0.3) is 0 Å². The molecular weight excluding hydrogens is 126 g/mol. The molecule has 0 spiro atoms. The molecule has 0 aliphatic carbocycles. The molecule has 60 valence electrons. The van der Waals surface area contributed by atoms with Gasteiger partial charge in [0.2, 0.25) is 0 Å². The van der Waals surface area contributed by atoms with Crippen LogP contribution in [0.15, 0.2) is 11.6 Å². The molecule has 0 radical (unpaired) electrons. The smallest absolute Gasteiger partial charge is 0.0582 e. The number of aliphatic hydroxyl groups excluding tert-OH is 1. The Hall–Kier alpha value is -0.340. The van der Waals surface area contributed by atoms with Gasteiger partial charge in [0.1, 0.15) is 0 Å². The monoisotopic (exact) mass is 143 g/mol. The van der Waals surface area contributed by atoms with Crippen LogP contribution in [0, 0.1) is 0 Å². The molecule has 0 bridgehead atoms. The Labute approximate surface area is 62.9 Å². The molecular formula is C8H17NO. The van der Waals surface area contributed by atoms with Crippen LogP contribution >= 0.6 is 0 Å². The standard InChI is InChI=1S/C8H17NO/c1-7(2)4-5-9-8(3)6-10/h4,8-10H,5-6H2,1-3H3. The predicted octanol–water partition coefficient (Wildman–Crippen LogP) is 0.923. The van der Waals surface area contributed by atoms with Crippen molar-refractivity contribution in [3.63, 3.8) is 0 Å². The number of allylic oxidation sites excluding steroid dienone is 1. The second-order valence-electron chi connectivity index (χ2n) is 2.77. The van der Waals surface area contributed by atoms with Gasteiger partial charge in [-0.25, -0.2) is 0 Å². The maximum atomic E-state index is 8.62. The van der Waals surface area contributed by atoms with E-state index in [-0.39, 0.29) is 12.6 Å². The highest BCUT2D eigenvalue weighted by Gasteiger charge is 1.93. The van der Waals surface area contributed by atoms with Crippen LogP contribution < -0.4 is 5.32 Å². The van der Waals surface area contributed by atoms with E-state index < -0.39 is 0 Å². The first-order chi connectivity index (χ1) is 4.66. The van der Waals surface area contributed by atoms with Crippen LogP contribution in [-0.2, 0) is 0 Å². The number of hydrogen-bond donors (Lipinski definition) is 2. The minimum Gasteiger partial charge on any atom is -0.395 e. The van der Waals surface area contributed by atoms with Gasteiger partial charge in [-0.05, 0) is 20.8 Å². The molecule has 0 amide bonds. The summed E-state index contributed by atoms with van der Waals surface area (Å²) in [7, 11) is 0. The van der Waals surface area contributed by atoms with Crippen molar-refractivity contribution in [1.29, 1.82) is 0 Å². The SMILES string of the molecule is CC(C)=CCNC(C)CO. The second kappa shape index (κ2) is 5.45. The van der Waals surface area contributed by atoms with Crippen molar-refractivity contribution in [1.82, 2.24) is 5.32 Å². The molecule has 1 unspecified atom stereocenters. The molecule has 0 saturated carbocycles. The van der Waals surface area contributed by atoms with Crippen molar-refractivity contribution < 1.29 is 5.11 Å². The van der Waals surface area contributed by atoms with Crippen molar-refractivity contribution in [2.45, 2.75) is 26.8 Å². The van der Waals surface area contributed by atoms with Crippen molar-refractivity contribution in [2.75, 3.05) is 13.2 Å². The first-order valence-electron chi connectivity index (χ1n) is 3.64. The molecule has 1 atom stereocenters. The fourth-order valence-electron chi connectivity index (χ4n) is 0.529. The van der Waals surface area contributed by atoms with E-state index >= 15 is 0 Å². The summed E-state index contributed by atoms with van der Waals surface area (Å²) < 4.78 is 0. The highest BCUT2D eigenvalue weighted by Crippen LogP contribution is 1.86. The highest BCUT2D eigenvalue weighted by molar-refractivity contribution is 4.94. The third-order valence-electron chi connectivity index (χ3n) is 1.25. The van der Waals surface area contributed by atoms with Crippen LogP contribution in [-0.4, -0.2) is 24.3 Å². The minimum absolute atomic E-state index is 0.204. The average molecular weight is 143 g/mol. The van der Waals surface area contributed by atoms with E-state index in [2.05, 4.69) is 25.2 Å². The number of nitrogens with one attached hydrogen (secondary N) is 1. The van der Waals surface area contributed by atoms with Crippen LogP contribution in [0.2, 0.25) is 0 Å². The lowest BCUT2D eigenvalue weighted by atomic mass is 10.3. The summed E-state index contributed by atoms with van der Waals surface area (Å²) in [6.45, 7) is 7.14. The van der Waals surface area contributed by atoms with E-state index in [1.807, 2.05) is 6.92 Å². The Kier molecular flexibility index (Phi) is 5.26. The third-order valence-corrected chi connectivity index (χ3v) is 1.25. The topological polar surface area (TPSA) is 32.3 Å². The molecule has 0 aromatic rings. The first-order valence-corrected chi connectivity index (χ1v) is 3.64. The molecule has 10 heavy (non-hydrogen) atoms. The average Bonchev–Trinajstić information content (AvgIpc) is 1.87. The summed E-state index contributed by atoms with van der Waals surface area (Å²) in [6.07, 6.45) is 2.10. The Balaban J connectivity index is 3.28. The summed E-state index contributed by atoms with van der Waals surface area (Å²) >= 11 is 0. The van der Waals surface area contributed by atoms with Gasteiger partial charge in [-0.2, -0.15) is 0 Å². The fourth-order valence-corrected chi connectivity index (χ4v) is 0.529. The zero-order valence-corrected chi connectivity index (χ0v) is 7.02. The molecule has 2 nitrogen and oxygen atoms in total. The number of rotatable bonds is 4. The second-order valence-corrected chi connectivity index (χ2v) is 2.77. The zero-order chi connectivity index (χ0) is 7.98. The Morgan fingerprint density at radius 2 is 2.20 bits per heavy atom. The number of aliphatic hydroxyl groups is 1. The van der Waals surface area contributed by atoms with Gasteiger partial charge in [0.15, 0.2) is 0 Å². The van der Waals surface area contributed by atoms with Gasteiger partial charge in [0.05, 0.1) is 6.61 Å². The van der Waals surface area contributed by atoms with E-state index in [1.54, 1.807) is 0 Å². The van der Waals surface area contributed by atoms with Crippen molar-refractivity contribution >= 4 is 0 Å². The summed E-state index contributed by atoms with van der Waals surface area (Å²) in [4.78, 5) is 0. The third kappa shape index (κ3) is 5.79. The van der Waals surface area contributed by atoms with Crippen molar-refractivity contribution in [3.8, 4) is 0 Å². The predicted molar refractivity (Wildman–Crippen MR) is 44.0 cm³/mol. The minimum atomic E-state index is 0.204. The van der Waals surface area contributed by atoms with Crippen LogP contribution in [0.5, 0.6) is 0 Å². The summed E-state index contributed by atoms with van der Waals surface area (Å²) in [5.41, 5.74) is 1.30. The van der Waals surface area contributed by atoms with Crippen LogP contribution in [0.4, 0.5) is 0 Å². The van der Waals surface area contributed by atoms with Gasteiger partial charge in [0, 0.05) is 12.6 Å². The van der Waals surface area contributed by atoms with Gasteiger partial charge >= 0.3 is 0 Å². The zero-order valence-electron chi connectivity index (χ0n) is 7.02. The molecule has 0 aliphatic rings. The molecule has 0 aromatic carbocycles. The molecule has 0 saturated heterocycles. The lowest BCUT2D eigenvalue weighted by Gasteiger charge is -2.07. The Morgan fingerprint density at radius 3 is 2.60 bits per heavy atom. The van der Waals surface area contributed by atoms with Crippen LogP contribution in [0.25, 0.3) is 0 Å². The van der Waals surface area contributed by atoms with Gasteiger partial charge < -0.3 is 10.4 Å². The van der Waals surface area contributed by atoms with Crippen LogP contribution in [0.1, 0.15) is 20.8 Å². The molecule has 0 aromatic heterocycles. The maximum Gasteiger partial charge on any atom is 0.0582 e. The van der Waals surface area contributed by atoms with E-state index in [9.17, 15) is 0 Å². The lowest BCUT2D eigenvalue weighted by molar-refractivity contribution is 0.255. The largest absolute Gasteiger partial charge is 0.395 e. The quantitative estimate of drug-likeness (QED) is 0.574. The summed E-state index contributed by atoms with van der Waals surface area (Å²) in [6, 6.07) is 0.204. The first kappa shape index (κ1) is 9.66. The van der Waals surface area contributed by atoms with Gasteiger partial charge in [-0.15, -0.1) is 0 Å². The van der Waals surface area contributed by atoms with E-state index in [1.165, 1.54) is 5.57 Å². The Morgan fingerprint density at radius 1 is 1.60 bits per heavy atom. The lowest BCUT2D eigenvalue weighted by Crippen LogP contribution is -2.29. The van der Waals surface area contributed by atoms with Gasteiger partial charge in [-0.1, -0.05) is 11.6 Å². The number of hydrogen-bond acceptors (Lipinski definition) is 2. The van der Waals surface area contributed by atoms with Crippen LogP contribution in [0.3, 0.4) is 0 Å². The summed E-state index contributed by atoms with van der Waals surface area (Å²) in [5.74, 6) is 0. The van der Waals surface area contributed by atoms with Crippen molar-refractivity contribution in [2.24, 2.45) is 0 Å².